The summed E-state index contributed by atoms with van der Waals surface area (Å²) in [5.41, 5.74) is 6.59. The lowest BCUT2D eigenvalue weighted by molar-refractivity contribution is -0.0852. The lowest BCUT2D eigenvalue weighted by Gasteiger charge is -2.42. The smallest absolute Gasteiger partial charge is 0.256 e. The topological polar surface area (TPSA) is 85.8 Å². The minimum Gasteiger partial charge on any atom is -0.475 e. The Balaban J connectivity index is 1.53. The van der Waals surface area contributed by atoms with Crippen molar-refractivity contribution in [3.8, 4) is 5.88 Å². The van der Waals surface area contributed by atoms with Crippen LogP contribution in [0.25, 0.3) is 0 Å². The molecule has 7 heteroatoms. The number of hydrogen-bond donors (Lipinski definition) is 2. The van der Waals surface area contributed by atoms with Gasteiger partial charge >= 0.3 is 0 Å². The van der Waals surface area contributed by atoms with Gasteiger partial charge in [-0.1, -0.05) is 0 Å². The number of nitrogens with zero attached hydrogens (tertiary/aromatic N) is 3. The minimum absolute atomic E-state index is 0.114. The van der Waals surface area contributed by atoms with E-state index in [1.807, 2.05) is 10.9 Å². The van der Waals surface area contributed by atoms with E-state index in [1.54, 1.807) is 0 Å². The molecule has 142 valence electrons. The average Bonchev–Trinajstić information content (AvgIpc) is 2.95. The van der Waals surface area contributed by atoms with E-state index in [4.69, 9.17) is 20.3 Å². The van der Waals surface area contributed by atoms with E-state index in [-0.39, 0.29) is 6.61 Å². The van der Waals surface area contributed by atoms with Gasteiger partial charge in [0.15, 0.2) is 0 Å². The third-order valence-electron chi connectivity index (χ3n) is 5.27. The molecule has 0 radical (unpaired) electrons. The van der Waals surface area contributed by atoms with Crippen molar-refractivity contribution >= 4 is 5.69 Å². The standard InChI is InChI=1S/C18H32N4O3/c1-13-10-21(11-14(2)25-13)15-4-6-16(7-5-15)22-12-17(19)18(20-22)24-9-3-8-23/h12-16,23H,3-11,19H2,1-2H3/t13-,14+,15?,16?. The van der Waals surface area contributed by atoms with Gasteiger partial charge < -0.3 is 20.3 Å². The second-order valence-electron chi connectivity index (χ2n) is 7.47. The predicted molar refractivity (Wildman–Crippen MR) is 96.7 cm³/mol. The molecule has 2 heterocycles. The molecule has 7 nitrogen and oxygen atoms in total. The first-order valence-corrected chi connectivity index (χ1v) is 9.54. The molecule has 1 saturated carbocycles. The van der Waals surface area contributed by atoms with Crippen LogP contribution in [0, 0.1) is 0 Å². The second-order valence-corrected chi connectivity index (χ2v) is 7.47. The molecule has 1 aliphatic carbocycles. The van der Waals surface area contributed by atoms with Crippen LogP contribution in [0.5, 0.6) is 5.88 Å². The number of nitrogen functional groups attached to an aromatic ring is 1. The molecule has 2 fully saturated rings. The molecule has 0 amide bonds. The fourth-order valence-electron chi connectivity index (χ4n) is 4.13. The number of hydrogen-bond acceptors (Lipinski definition) is 6. The molecule has 1 aliphatic heterocycles. The third kappa shape index (κ3) is 4.65. The minimum atomic E-state index is 0.114. The molecule has 0 aromatic carbocycles. The molecule has 2 atom stereocenters. The zero-order valence-corrected chi connectivity index (χ0v) is 15.4. The Bertz CT molecular complexity index is 532. The van der Waals surface area contributed by atoms with E-state index in [1.165, 1.54) is 12.8 Å². The number of anilines is 1. The molecule has 3 N–H and O–H groups in total. The molecule has 3 rings (SSSR count). The first-order valence-electron chi connectivity index (χ1n) is 9.54. The number of ether oxygens (including phenoxy) is 2. The van der Waals surface area contributed by atoms with Crippen LogP contribution in [-0.4, -0.2) is 64.3 Å². The van der Waals surface area contributed by atoms with Crippen LogP contribution in [-0.2, 0) is 4.74 Å². The van der Waals surface area contributed by atoms with Crippen LogP contribution < -0.4 is 10.5 Å². The molecule has 0 spiro atoms. The number of rotatable bonds is 6. The monoisotopic (exact) mass is 352 g/mol. The quantitative estimate of drug-likeness (QED) is 0.760. The summed E-state index contributed by atoms with van der Waals surface area (Å²) >= 11 is 0. The fourth-order valence-corrected chi connectivity index (χ4v) is 4.13. The average molecular weight is 352 g/mol. The van der Waals surface area contributed by atoms with Crippen molar-refractivity contribution in [3.05, 3.63) is 6.20 Å². The molecule has 1 aromatic rings. The highest BCUT2D eigenvalue weighted by Gasteiger charge is 2.31. The molecule has 1 saturated heterocycles. The highest BCUT2D eigenvalue weighted by Crippen LogP contribution is 2.33. The largest absolute Gasteiger partial charge is 0.475 e. The highest BCUT2D eigenvalue weighted by molar-refractivity contribution is 5.46. The normalized spacial score (nSPS) is 31.2. The van der Waals surface area contributed by atoms with Crippen molar-refractivity contribution in [2.24, 2.45) is 0 Å². The Morgan fingerprint density at radius 3 is 2.48 bits per heavy atom. The highest BCUT2D eigenvalue weighted by atomic mass is 16.5. The maximum Gasteiger partial charge on any atom is 0.256 e. The summed E-state index contributed by atoms with van der Waals surface area (Å²) in [5.74, 6) is 0.492. The van der Waals surface area contributed by atoms with Crippen molar-refractivity contribution in [3.63, 3.8) is 0 Å². The van der Waals surface area contributed by atoms with E-state index in [0.717, 1.165) is 25.9 Å². The van der Waals surface area contributed by atoms with Crippen LogP contribution >= 0.6 is 0 Å². The Morgan fingerprint density at radius 2 is 1.84 bits per heavy atom. The maximum atomic E-state index is 8.84. The number of nitrogens with two attached hydrogens (primary N) is 1. The summed E-state index contributed by atoms with van der Waals surface area (Å²) in [4.78, 5) is 2.61. The van der Waals surface area contributed by atoms with Gasteiger partial charge in [-0.25, -0.2) is 0 Å². The van der Waals surface area contributed by atoms with Gasteiger partial charge in [-0.3, -0.25) is 9.58 Å². The third-order valence-corrected chi connectivity index (χ3v) is 5.27. The fraction of sp³-hybridized carbons (Fsp3) is 0.833. The maximum absolute atomic E-state index is 8.84. The van der Waals surface area contributed by atoms with Gasteiger partial charge in [-0.15, -0.1) is 5.10 Å². The van der Waals surface area contributed by atoms with Crippen LogP contribution in [0.1, 0.15) is 52.0 Å². The van der Waals surface area contributed by atoms with Gasteiger partial charge in [0, 0.05) is 32.2 Å². The van der Waals surface area contributed by atoms with Crippen LogP contribution in [0.15, 0.2) is 6.20 Å². The van der Waals surface area contributed by atoms with Gasteiger partial charge in [-0.2, -0.15) is 0 Å². The van der Waals surface area contributed by atoms with Crippen molar-refractivity contribution in [2.75, 3.05) is 32.0 Å². The molecular weight excluding hydrogens is 320 g/mol. The molecule has 2 aliphatic rings. The summed E-state index contributed by atoms with van der Waals surface area (Å²) < 4.78 is 13.4. The van der Waals surface area contributed by atoms with Crippen LogP contribution in [0.2, 0.25) is 0 Å². The first-order chi connectivity index (χ1) is 12.1. The Kier molecular flexibility index (Phi) is 6.19. The molecule has 1 aromatic heterocycles. The van der Waals surface area contributed by atoms with Crippen molar-refractivity contribution in [1.82, 2.24) is 14.7 Å². The number of aliphatic hydroxyl groups is 1. The lowest BCUT2D eigenvalue weighted by Crippen LogP contribution is -2.51. The van der Waals surface area contributed by atoms with Crippen LogP contribution in [0.3, 0.4) is 0 Å². The number of aliphatic hydroxyl groups excluding tert-OH is 1. The van der Waals surface area contributed by atoms with E-state index in [0.29, 0.717) is 48.9 Å². The van der Waals surface area contributed by atoms with Gasteiger partial charge in [0.1, 0.15) is 5.69 Å². The zero-order valence-electron chi connectivity index (χ0n) is 15.4. The van der Waals surface area contributed by atoms with E-state index in [2.05, 4.69) is 23.8 Å². The van der Waals surface area contributed by atoms with Crippen molar-refractivity contribution in [1.29, 1.82) is 0 Å². The molecular formula is C18H32N4O3. The Morgan fingerprint density at radius 1 is 1.20 bits per heavy atom. The molecule has 0 unspecified atom stereocenters. The SMILES string of the molecule is C[C@@H]1CN(C2CCC(n3cc(N)c(OCCCO)n3)CC2)C[C@H](C)O1. The van der Waals surface area contributed by atoms with E-state index in [9.17, 15) is 0 Å². The lowest BCUT2D eigenvalue weighted by atomic mass is 9.89. The van der Waals surface area contributed by atoms with E-state index < -0.39 is 0 Å². The molecule has 25 heavy (non-hydrogen) atoms. The van der Waals surface area contributed by atoms with Crippen molar-refractivity contribution in [2.45, 2.75) is 70.2 Å². The Labute approximate surface area is 150 Å². The Hall–Kier alpha value is -1.31. The number of aromatic nitrogens is 2. The van der Waals surface area contributed by atoms with Gasteiger partial charge in [0.05, 0.1) is 31.1 Å². The van der Waals surface area contributed by atoms with Gasteiger partial charge in [-0.05, 0) is 39.5 Å². The zero-order chi connectivity index (χ0) is 17.8. The molecule has 0 bridgehead atoms. The summed E-state index contributed by atoms with van der Waals surface area (Å²) in [5, 5.41) is 13.4. The number of morpholine rings is 1. The predicted octanol–water partition coefficient (Wildman–Crippen LogP) is 1.82. The summed E-state index contributed by atoms with van der Waals surface area (Å²) in [6.45, 7) is 6.97. The van der Waals surface area contributed by atoms with E-state index >= 15 is 0 Å². The van der Waals surface area contributed by atoms with Gasteiger partial charge in [0.25, 0.3) is 5.88 Å². The second kappa shape index (κ2) is 8.38. The van der Waals surface area contributed by atoms with Crippen molar-refractivity contribution < 1.29 is 14.6 Å². The first kappa shape index (κ1) is 18.5. The van der Waals surface area contributed by atoms with Crippen LogP contribution in [0.4, 0.5) is 5.69 Å². The summed E-state index contributed by atoms with van der Waals surface area (Å²) in [6, 6.07) is 1.04. The van der Waals surface area contributed by atoms with Gasteiger partial charge in [0.2, 0.25) is 0 Å². The summed E-state index contributed by atoms with van der Waals surface area (Å²) in [6.07, 6.45) is 7.72. The summed E-state index contributed by atoms with van der Waals surface area (Å²) in [7, 11) is 0.